The molecule has 0 fully saturated rings. The molecule has 0 bridgehead atoms. The zero-order valence-corrected chi connectivity index (χ0v) is 10.5. The summed E-state index contributed by atoms with van der Waals surface area (Å²) in [6, 6.07) is 7.49. The fourth-order valence-corrected chi connectivity index (χ4v) is 1.96. The largest absolute Gasteiger partial charge is 0.495 e. The van der Waals surface area contributed by atoms with Crippen LogP contribution in [0.4, 0.5) is 5.82 Å². The molecule has 2 aromatic rings. The molecule has 0 saturated carbocycles. The topological polar surface area (TPSA) is 48.1 Å². The fraction of sp³-hybridized carbons (Fsp3) is 0.154. The second-order valence-corrected chi connectivity index (χ2v) is 4.14. The Labute approximate surface area is 105 Å². The summed E-state index contributed by atoms with van der Waals surface area (Å²) in [6.45, 7) is 1.99. The van der Waals surface area contributed by atoms with Crippen molar-refractivity contribution in [3.63, 3.8) is 0 Å². The lowest BCUT2D eigenvalue weighted by Crippen LogP contribution is -1.96. The summed E-state index contributed by atoms with van der Waals surface area (Å²) in [5.41, 5.74) is 8.84. The number of nitrogens with two attached hydrogens (primary N) is 1. The second-order valence-electron chi connectivity index (χ2n) is 3.74. The van der Waals surface area contributed by atoms with E-state index >= 15 is 0 Å². The summed E-state index contributed by atoms with van der Waals surface area (Å²) < 4.78 is 5.19. The third-order valence-electron chi connectivity index (χ3n) is 2.63. The number of pyridine rings is 1. The van der Waals surface area contributed by atoms with Gasteiger partial charge in [0.1, 0.15) is 11.6 Å². The molecule has 3 nitrogen and oxygen atoms in total. The van der Waals surface area contributed by atoms with Gasteiger partial charge < -0.3 is 10.5 Å². The Balaban J connectivity index is 2.61. The first-order valence-electron chi connectivity index (χ1n) is 5.18. The lowest BCUT2D eigenvalue weighted by molar-refractivity contribution is 0.415. The van der Waals surface area contributed by atoms with E-state index in [1.165, 1.54) is 0 Å². The van der Waals surface area contributed by atoms with Crippen LogP contribution in [0.15, 0.2) is 30.5 Å². The lowest BCUT2D eigenvalue weighted by Gasteiger charge is -2.10. The Hall–Kier alpha value is -1.74. The first kappa shape index (κ1) is 11.7. The van der Waals surface area contributed by atoms with Crippen molar-refractivity contribution in [2.24, 2.45) is 0 Å². The predicted molar refractivity (Wildman–Crippen MR) is 70.4 cm³/mol. The van der Waals surface area contributed by atoms with Gasteiger partial charge in [-0.1, -0.05) is 17.7 Å². The summed E-state index contributed by atoms with van der Waals surface area (Å²) in [6.07, 6.45) is 1.70. The first-order valence-corrected chi connectivity index (χ1v) is 5.56. The molecular formula is C13H13ClN2O. The van der Waals surface area contributed by atoms with Crippen molar-refractivity contribution in [1.29, 1.82) is 0 Å². The molecule has 0 amide bonds. The van der Waals surface area contributed by atoms with E-state index in [0.717, 1.165) is 16.7 Å². The van der Waals surface area contributed by atoms with Crippen molar-refractivity contribution in [2.75, 3.05) is 12.8 Å². The number of halogens is 1. The molecule has 0 atom stereocenters. The molecular weight excluding hydrogens is 236 g/mol. The van der Waals surface area contributed by atoms with Crippen LogP contribution < -0.4 is 10.5 Å². The summed E-state index contributed by atoms with van der Waals surface area (Å²) in [7, 11) is 1.59. The molecule has 2 N–H and O–H groups in total. The number of benzene rings is 1. The van der Waals surface area contributed by atoms with Crippen molar-refractivity contribution in [3.8, 4) is 16.9 Å². The molecule has 4 heteroatoms. The number of methoxy groups -OCH3 is 1. The predicted octanol–water partition coefficient (Wildman–Crippen LogP) is 3.30. The van der Waals surface area contributed by atoms with Crippen LogP contribution in [0.5, 0.6) is 5.75 Å². The summed E-state index contributed by atoms with van der Waals surface area (Å²) >= 11 is 5.99. The summed E-state index contributed by atoms with van der Waals surface area (Å²) in [5, 5.41) is 0.580. The highest BCUT2D eigenvalue weighted by Crippen LogP contribution is 2.33. The molecule has 17 heavy (non-hydrogen) atoms. The highest BCUT2D eigenvalue weighted by molar-refractivity contribution is 6.32. The van der Waals surface area contributed by atoms with Crippen LogP contribution >= 0.6 is 11.6 Å². The van der Waals surface area contributed by atoms with Gasteiger partial charge in [-0.2, -0.15) is 0 Å². The molecule has 0 aliphatic heterocycles. The minimum atomic E-state index is 0.509. The van der Waals surface area contributed by atoms with Gasteiger partial charge in [0.2, 0.25) is 0 Å². The van der Waals surface area contributed by atoms with E-state index in [9.17, 15) is 0 Å². The molecule has 88 valence electrons. The maximum atomic E-state index is 5.99. The number of nitrogens with zero attached hydrogens (tertiary/aromatic N) is 1. The first-order chi connectivity index (χ1) is 8.13. The third-order valence-corrected chi connectivity index (χ3v) is 2.94. The van der Waals surface area contributed by atoms with E-state index in [-0.39, 0.29) is 0 Å². The van der Waals surface area contributed by atoms with Crippen LogP contribution in [0.25, 0.3) is 11.1 Å². The Morgan fingerprint density at radius 3 is 2.71 bits per heavy atom. The number of anilines is 1. The van der Waals surface area contributed by atoms with Crippen molar-refractivity contribution >= 4 is 17.4 Å². The quantitative estimate of drug-likeness (QED) is 0.887. The third kappa shape index (κ3) is 2.19. The zero-order valence-electron chi connectivity index (χ0n) is 9.70. The van der Waals surface area contributed by atoms with Crippen LogP contribution in [-0.2, 0) is 0 Å². The van der Waals surface area contributed by atoms with E-state index < -0.39 is 0 Å². The molecule has 1 aromatic carbocycles. The fourth-order valence-electron chi connectivity index (χ4n) is 1.77. The average molecular weight is 249 g/mol. The van der Waals surface area contributed by atoms with Gasteiger partial charge in [0.15, 0.2) is 0 Å². The van der Waals surface area contributed by atoms with E-state index in [0.29, 0.717) is 16.6 Å². The summed E-state index contributed by atoms with van der Waals surface area (Å²) in [5.74, 6) is 1.14. The normalized spacial score (nSPS) is 10.3. The monoisotopic (exact) mass is 248 g/mol. The van der Waals surface area contributed by atoms with E-state index in [1.807, 2.05) is 25.1 Å². The lowest BCUT2D eigenvalue weighted by atomic mass is 10.0. The van der Waals surface area contributed by atoms with Gasteiger partial charge in [-0.15, -0.1) is 0 Å². The Morgan fingerprint density at radius 1 is 1.29 bits per heavy atom. The highest BCUT2D eigenvalue weighted by Gasteiger charge is 2.09. The van der Waals surface area contributed by atoms with Crippen LogP contribution in [0, 0.1) is 6.92 Å². The second kappa shape index (κ2) is 4.63. The van der Waals surface area contributed by atoms with Gasteiger partial charge in [0.05, 0.1) is 12.1 Å². The van der Waals surface area contributed by atoms with Gasteiger partial charge >= 0.3 is 0 Å². The van der Waals surface area contributed by atoms with Gasteiger partial charge in [0, 0.05) is 11.8 Å². The van der Waals surface area contributed by atoms with Gasteiger partial charge in [0.25, 0.3) is 0 Å². The number of rotatable bonds is 2. The van der Waals surface area contributed by atoms with Crippen LogP contribution in [-0.4, -0.2) is 12.1 Å². The van der Waals surface area contributed by atoms with E-state index in [1.54, 1.807) is 19.4 Å². The molecule has 0 aliphatic carbocycles. The Bertz CT molecular complexity index is 535. The smallest absolute Gasteiger partial charge is 0.138 e. The van der Waals surface area contributed by atoms with Crippen molar-refractivity contribution in [1.82, 2.24) is 4.98 Å². The summed E-state index contributed by atoms with van der Waals surface area (Å²) in [4.78, 5) is 4.10. The molecule has 0 saturated heterocycles. The number of aryl methyl sites for hydroxylation is 1. The minimum absolute atomic E-state index is 0.509. The van der Waals surface area contributed by atoms with E-state index in [4.69, 9.17) is 22.1 Å². The standard InChI is InChI=1S/C13H13ClN2O/c1-8-5-6-16-13(15)12(8)9-3-4-10(14)11(7-9)17-2/h3-7H,1-2H3,(H2,15,16). The van der Waals surface area contributed by atoms with Crippen molar-refractivity contribution < 1.29 is 4.74 Å². The Kier molecular flexibility index (Phi) is 3.20. The van der Waals surface area contributed by atoms with E-state index in [2.05, 4.69) is 4.98 Å². The molecule has 1 aromatic heterocycles. The van der Waals surface area contributed by atoms with Crippen LogP contribution in [0.2, 0.25) is 5.02 Å². The maximum absolute atomic E-state index is 5.99. The number of aromatic nitrogens is 1. The van der Waals surface area contributed by atoms with Crippen LogP contribution in [0.1, 0.15) is 5.56 Å². The van der Waals surface area contributed by atoms with Crippen molar-refractivity contribution in [3.05, 3.63) is 41.0 Å². The molecule has 0 unspecified atom stereocenters. The SMILES string of the molecule is COc1cc(-c2c(C)ccnc2N)ccc1Cl. The highest BCUT2D eigenvalue weighted by atomic mass is 35.5. The Morgan fingerprint density at radius 2 is 2.06 bits per heavy atom. The number of nitrogen functional groups attached to an aromatic ring is 1. The van der Waals surface area contributed by atoms with Crippen LogP contribution in [0.3, 0.4) is 0 Å². The minimum Gasteiger partial charge on any atom is -0.495 e. The molecule has 2 rings (SSSR count). The van der Waals surface area contributed by atoms with Gasteiger partial charge in [-0.3, -0.25) is 0 Å². The average Bonchev–Trinajstić information content (AvgIpc) is 2.31. The van der Waals surface area contributed by atoms with Crippen molar-refractivity contribution in [2.45, 2.75) is 6.92 Å². The molecule has 0 spiro atoms. The maximum Gasteiger partial charge on any atom is 0.138 e. The molecule has 0 radical (unpaired) electrons. The van der Waals surface area contributed by atoms with Gasteiger partial charge in [-0.05, 0) is 36.2 Å². The number of hydrogen-bond acceptors (Lipinski definition) is 3. The number of hydrogen-bond donors (Lipinski definition) is 1. The molecule has 1 heterocycles. The van der Waals surface area contributed by atoms with Gasteiger partial charge in [-0.25, -0.2) is 4.98 Å². The zero-order chi connectivity index (χ0) is 12.4. The molecule has 0 aliphatic rings. The number of ether oxygens (including phenoxy) is 1.